The number of aromatic nitrogens is 9. The molecule has 10 rings (SSSR count). The summed E-state index contributed by atoms with van der Waals surface area (Å²) < 4.78 is 99.4. The first kappa shape index (κ1) is 70.7. The van der Waals surface area contributed by atoms with Crippen LogP contribution in [0.25, 0.3) is 50.2 Å². The third-order valence-corrected chi connectivity index (χ3v) is 19.7. The van der Waals surface area contributed by atoms with E-state index in [4.69, 9.17) is 23.5 Å². The number of benzene rings is 7. The number of nitrogens with zero attached hydrogens (tertiary/aromatic N) is 10. The molecule has 3 aromatic heterocycles. The first-order chi connectivity index (χ1) is 43.3. The minimum absolute atomic E-state index is 0.0390. The Kier molecular flexibility index (Phi) is 21.2. The maximum Gasteiger partial charge on any atom is 0.417 e. The summed E-state index contributed by atoms with van der Waals surface area (Å²) in [7, 11) is -6.07. The zero-order valence-corrected chi connectivity index (χ0v) is 59.5. The van der Waals surface area contributed by atoms with Crippen molar-refractivity contribution in [1.82, 2.24) is 45.0 Å². The van der Waals surface area contributed by atoms with Gasteiger partial charge < -0.3 is 13.3 Å². The number of aryl methyl sites for hydroxylation is 2. The van der Waals surface area contributed by atoms with E-state index in [1.165, 1.54) is 36.8 Å². The summed E-state index contributed by atoms with van der Waals surface area (Å²) in [5.74, 6) is 2.75. The standard InChI is InChI=1S/C24H21F6N3OSi.C24H32N4OSi.C23H33N3OSi/c1-14-10-21(22(11-15(14)2)34-35(3,4)16-8-6-5-7-9-16)33-31-19-12-17(23(25,26)27)18(24(28,29)30)13-20(19)32-33;1-6-8-9-18(7-2)14-19-11-13-24(29-30(3,4)5)23(16-19)28-26-21-12-10-20(17-25)15-22(21)27-28;1-22(2,3)16-23(4,5)17-13-14-21(27-28(6,7)8)20(15-17)26-24-18-11-9-10-12-19(18)25-26/h5-13H,1-4H3;10-13,15-16,18H,6-9,14H2,1-5H3;9-15H,16H2,1-8H3. The molecule has 13 nitrogen and oxygen atoms in total. The second-order valence-corrected chi connectivity index (χ2v) is 40.9. The summed E-state index contributed by atoms with van der Waals surface area (Å²) in [4.78, 5) is 4.43. The van der Waals surface area contributed by atoms with Crippen molar-refractivity contribution in [2.45, 2.75) is 171 Å². The highest BCUT2D eigenvalue weighted by molar-refractivity contribution is 6.85. The molecule has 0 bridgehead atoms. The Morgan fingerprint density at radius 2 is 0.968 bits per heavy atom. The van der Waals surface area contributed by atoms with Gasteiger partial charge in [-0.25, -0.2) is 0 Å². The van der Waals surface area contributed by atoms with Crippen LogP contribution in [0.2, 0.25) is 52.4 Å². The Balaban J connectivity index is 0.000000181. The van der Waals surface area contributed by atoms with Gasteiger partial charge in [0.15, 0.2) is 0 Å². The van der Waals surface area contributed by atoms with Crippen molar-refractivity contribution in [3.63, 3.8) is 0 Å². The van der Waals surface area contributed by atoms with Gasteiger partial charge >= 0.3 is 12.4 Å². The number of rotatable bonds is 18. The first-order valence-electron chi connectivity index (χ1n) is 31.5. The summed E-state index contributed by atoms with van der Waals surface area (Å²) in [6.07, 6.45) is -3.32. The van der Waals surface area contributed by atoms with Crippen LogP contribution in [0.5, 0.6) is 17.2 Å². The fourth-order valence-corrected chi connectivity index (χ4v) is 14.8. The van der Waals surface area contributed by atoms with Gasteiger partial charge in [-0.2, -0.15) is 31.6 Å². The molecule has 3 heterocycles. The third-order valence-electron chi connectivity index (χ3n) is 15.6. The summed E-state index contributed by atoms with van der Waals surface area (Å²) in [5, 5.41) is 37.1. The quantitative estimate of drug-likeness (QED) is 0.0601. The van der Waals surface area contributed by atoms with Crippen LogP contribution in [0.1, 0.15) is 120 Å². The lowest BCUT2D eigenvalue weighted by molar-refractivity contribution is -0.161. The molecule has 492 valence electrons. The van der Waals surface area contributed by atoms with Crippen LogP contribution in [-0.4, -0.2) is 69.9 Å². The van der Waals surface area contributed by atoms with Crippen molar-refractivity contribution in [2.24, 2.45) is 11.3 Å². The normalized spacial score (nSPS) is 12.9. The minimum atomic E-state index is -5.21. The Labute approximate surface area is 545 Å². The van der Waals surface area contributed by atoms with Gasteiger partial charge in [0.05, 0.1) is 22.8 Å². The van der Waals surface area contributed by atoms with Crippen LogP contribution in [0, 0.1) is 36.5 Å². The predicted octanol–water partition coefficient (Wildman–Crippen LogP) is 19.2. The Hall–Kier alpha value is -8.14. The van der Waals surface area contributed by atoms with E-state index in [1.807, 2.05) is 87.6 Å². The van der Waals surface area contributed by atoms with Gasteiger partial charge in [-0.05, 0) is 202 Å². The average Bonchev–Trinajstić information content (AvgIpc) is 1.75. The van der Waals surface area contributed by atoms with Crippen LogP contribution >= 0.6 is 0 Å². The number of hydrogen-bond acceptors (Lipinski definition) is 10. The Morgan fingerprint density at radius 3 is 1.45 bits per heavy atom. The molecule has 0 saturated carbocycles. The van der Waals surface area contributed by atoms with Gasteiger partial charge in [-0.1, -0.05) is 129 Å². The van der Waals surface area contributed by atoms with E-state index in [9.17, 15) is 31.6 Å². The van der Waals surface area contributed by atoms with E-state index in [0.717, 1.165) is 73.4 Å². The summed E-state index contributed by atoms with van der Waals surface area (Å²) in [5.41, 5.74) is 6.31. The van der Waals surface area contributed by atoms with Crippen molar-refractivity contribution < 1.29 is 39.6 Å². The van der Waals surface area contributed by atoms with Crippen LogP contribution < -0.4 is 18.5 Å². The monoisotopic (exact) mass is 1320 g/mol. The van der Waals surface area contributed by atoms with Gasteiger partial charge in [0.25, 0.3) is 8.32 Å². The summed E-state index contributed by atoms with van der Waals surface area (Å²) >= 11 is 0. The second-order valence-electron chi connectivity index (χ2n) is 28.2. The van der Waals surface area contributed by atoms with Crippen molar-refractivity contribution >= 4 is 63.2 Å². The highest BCUT2D eigenvalue weighted by Crippen LogP contribution is 2.43. The molecule has 7 aromatic carbocycles. The molecule has 1 atom stereocenters. The number of halogens is 6. The molecule has 0 fully saturated rings. The van der Waals surface area contributed by atoms with Crippen LogP contribution in [0.3, 0.4) is 0 Å². The van der Waals surface area contributed by atoms with Crippen LogP contribution in [0.4, 0.5) is 26.3 Å². The topological polar surface area (TPSA) is 144 Å². The maximum absolute atomic E-state index is 13.4. The molecule has 0 aliphatic heterocycles. The van der Waals surface area contributed by atoms with Crippen LogP contribution in [0.15, 0.2) is 133 Å². The Morgan fingerprint density at radius 1 is 0.505 bits per heavy atom. The van der Waals surface area contributed by atoms with Gasteiger partial charge in [-0.3, -0.25) is 0 Å². The molecular formula is C71H86F6N10O3Si3. The van der Waals surface area contributed by atoms with E-state index in [0.29, 0.717) is 40.6 Å². The maximum atomic E-state index is 13.4. The first-order valence-corrected chi connectivity index (χ1v) is 41.2. The molecule has 0 amide bonds. The third kappa shape index (κ3) is 18.4. The molecule has 0 radical (unpaired) electrons. The predicted molar refractivity (Wildman–Crippen MR) is 367 cm³/mol. The number of alkyl halides is 6. The number of fused-ring (bicyclic) bond motifs is 3. The van der Waals surface area contributed by atoms with E-state index in [-0.39, 0.29) is 21.9 Å². The summed E-state index contributed by atoms with van der Waals surface area (Å²) in [6.45, 7) is 36.8. The van der Waals surface area contributed by atoms with Crippen molar-refractivity contribution in [2.75, 3.05) is 0 Å². The molecule has 0 aliphatic rings. The van der Waals surface area contributed by atoms with Crippen LogP contribution in [-0.2, 0) is 24.2 Å². The van der Waals surface area contributed by atoms with E-state index in [2.05, 4.69) is 151 Å². The molecular weight excluding hydrogens is 1240 g/mol. The van der Waals surface area contributed by atoms with Gasteiger partial charge in [0.1, 0.15) is 67.4 Å². The zero-order valence-electron chi connectivity index (χ0n) is 56.5. The fourth-order valence-electron chi connectivity index (χ4n) is 11.3. The van der Waals surface area contributed by atoms with Crippen molar-refractivity contribution in [3.05, 3.63) is 172 Å². The molecule has 0 saturated heterocycles. The summed E-state index contributed by atoms with van der Waals surface area (Å²) in [6, 6.07) is 42.3. The molecule has 10 aromatic rings. The lowest BCUT2D eigenvalue weighted by Gasteiger charge is -2.33. The molecule has 93 heavy (non-hydrogen) atoms. The van der Waals surface area contributed by atoms with E-state index < -0.39 is 48.4 Å². The zero-order chi connectivity index (χ0) is 68.2. The van der Waals surface area contributed by atoms with Crippen molar-refractivity contribution in [1.29, 1.82) is 5.26 Å². The van der Waals surface area contributed by atoms with Crippen molar-refractivity contribution in [3.8, 4) is 40.4 Å². The highest BCUT2D eigenvalue weighted by Gasteiger charge is 2.44. The number of nitriles is 1. The van der Waals surface area contributed by atoms with Gasteiger partial charge in [-0.15, -0.1) is 45.0 Å². The number of unbranched alkanes of at least 4 members (excludes halogenated alkanes) is 1. The molecule has 0 spiro atoms. The fraction of sp³-hybridized carbons (Fsp3) is 0.394. The lowest BCUT2D eigenvalue weighted by Crippen LogP contribution is -2.47. The van der Waals surface area contributed by atoms with E-state index in [1.54, 1.807) is 33.9 Å². The smallest absolute Gasteiger partial charge is 0.417 e. The lowest BCUT2D eigenvalue weighted by atomic mass is 9.72. The highest BCUT2D eigenvalue weighted by atomic mass is 28.4. The average molecular weight is 1330 g/mol. The molecule has 1 unspecified atom stereocenters. The van der Waals surface area contributed by atoms with Gasteiger partial charge in [0, 0.05) is 0 Å². The largest absolute Gasteiger partial charge is 0.543 e. The van der Waals surface area contributed by atoms with E-state index >= 15 is 0 Å². The van der Waals surface area contributed by atoms with Gasteiger partial charge in [0.2, 0.25) is 16.6 Å². The molecule has 0 aliphatic carbocycles. The molecule has 0 N–H and O–H groups in total. The minimum Gasteiger partial charge on any atom is -0.543 e. The number of hydrogen-bond donors (Lipinski definition) is 0. The SMILES string of the molecule is CC(C)(C)CC(C)(C)c1ccc(O[Si](C)(C)C)c(-n2nc3ccccc3n2)c1.CCCCC(CC)Cc1ccc(O[Si](C)(C)C)c(-n2nc3ccc(C#N)cc3n2)c1.Cc1cc(O[Si](C)(C)c2ccccc2)c(-n2nc3cc(C(F)(F)F)c(C(F)(F)F)cc3n2)cc1C. The molecule has 22 heteroatoms. The second kappa shape index (κ2) is 27.8. The Bertz CT molecular complexity index is 4200.